The van der Waals surface area contributed by atoms with Gasteiger partial charge >= 0.3 is 5.97 Å². The molecule has 1 aliphatic rings. The fourth-order valence-corrected chi connectivity index (χ4v) is 5.52. The van der Waals surface area contributed by atoms with Gasteiger partial charge in [-0.25, -0.2) is 19.6 Å². The number of rotatable bonds is 8. The first-order valence-corrected chi connectivity index (χ1v) is 14.4. The highest BCUT2D eigenvalue weighted by Crippen LogP contribution is 2.34. The van der Waals surface area contributed by atoms with Gasteiger partial charge in [-0.3, -0.25) is 19.4 Å². The number of methoxy groups -OCH3 is 1. The maximum absolute atomic E-state index is 13.7. The minimum atomic E-state index is -0.986. The molecule has 2 N–H and O–H groups in total. The predicted octanol–water partition coefficient (Wildman–Crippen LogP) is 3.75. The van der Waals surface area contributed by atoms with Gasteiger partial charge in [-0.15, -0.1) is 0 Å². The Kier molecular flexibility index (Phi) is 7.90. The second-order valence-electron chi connectivity index (χ2n) is 10.7. The summed E-state index contributed by atoms with van der Waals surface area (Å²) in [6, 6.07) is 9.69. The van der Waals surface area contributed by atoms with E-state index in [2.05, 4.69) is 30.0 Å². The number of Topliss-reactive ketones (excluding diaryl/α,β-unsaturated/α-hetero) is 1. The van der Waals surface area contributed by atoms with E-state index in [1.807, 2.05) is 30.3 Å². The second-order valence-corrected chi connectivity index (χ2v) is 10.7. The largest absolute Gasteiger partial charge is 0.494 e. The molecule has 5 aromatic rings. The molecule has 1 amide bonds. The van der Waals surface area contributed by atoms with Crippen LogP contribution in [0.5, 0.6) is 5.75 Å². The number of amides is 1. The van der Waals surface area contributed by atoms with Gasteiger partial charge in [0.2, 0.25) is 0 Å². The van der Waals surface area contributed by atoms with E-state index in [9.17, 15) is 19.5 Å². The van der Waals surface area contributed by atoms with Crippen LogP contribution < -0.4 is 4.74 Å². The summed E-state index contributed by atoms with van der Waals surface area (Å²) in [6.45, 7) is 3.97. The van der Waals surface area contributed by atoms with Crippen molar-refractivity contribution in [2.75, 3.05) is 20.2 Å². The fraction of sp³-hybridized carbons (Fsp3) is 0.250. The van der Waals surface area contributed by atoms with Gasteiger partial charge in [0.15, 0.2) is 5.82 Å². The number of carbonyl (C=O) groups excluding carboxylic acids is 2. The Morgan fingerprint density at radius 2 is 1.80 bits per heavy atom. The van der Waals surface area contributed by atoms with Crippen molar-refractivity contribution in [1.82, 2.24) is 39.6 Å². The lowest BCUT2D eigenvalue weighted by Gasteiger charge is -2.29. The van der Waals surface area contributed by atoms with E-state index >= 15 is 0 Å². The highest BCUT2D eigenvalue weighted by atomic mass is 16.5. The normalized spacial score (nSPS) is 13.9. The molecule has 1 saturated heterocycles. The molecule has 45 heavy (non-hydrogen) atoms. The van der Waals surface area contributed by atoms with E-state index in [0.29, 0.717) is 65.6 Å². The topological polar surface area (TPSA) is 169 Å². The number of aliphatic carboxylic acids is 1. The lowest BCUT2D eigenvalue weighted by Crippen LogP contribution is -2.40. The standard InChI is InChI=1S/C32H30N8O5/c1-18(32(43)44)23-14-33-15-24(37-23)26(20-7-5-4-6-8-20)21-9-11-39(12-10-21)31(42)29(41)22-13-34-28-27(22)25(45-3)16-35-30(28)40-17-36-19(2)38-40/h4-8,13-18,34H,9-12H2,1-3H3,(H,43,44). The molecule has 1 aromatic carbocycles. The monoisotopic (exact) mass is 606 g/mol. The number of nitrogens with zero attached hydrogens (tertiary/aromatic N) is 7. The molecule has 1 atom stereocenters. The number of hydrogen-bond acceptors (Lipinski definition) is 9. The SMILES string of the molecule is COc1cnc(-n2cnc(C)n2)c2[nH]cc(C(=O)C(=O)N3CCC(=C(c4ccccc4)c4cncc(C(C)C(=O)O)n4)CC3)c12. The summed E-state index contributed by atoms with van der Waals surface area (Å²) in [5.41, 5.74) is 4.40. The van der Waals surface area contributed by atoms with Crippen LogP contribution in [0.15, 0.2) is 67.0 Å². The van der Waals surface area contributed by atoms with E-state index < -0.39 is 23.6 Å². The van der Waals surface area contributed by atoms with Crippen LogP contribution >= 0.6 is 0 Å². The molecule has 228 valence electrons. The van der Waals surface area contributed by atoms with Crippen LogP contribution in [0, 0.1) is 6.92 Å². The average molecular weight is 607 g/mol. The van der Waals surface area contributed by atoms with E-state index in [1.165, 1.54) is 36.7 Å². The van der Waals surface area contributed by atoms with Crippen molar-refractivity contribution in [3.8, 4) is 11.6 Å². The summed E-state index contributed by atoms with van der Waals surface area (Å²) in [7, 11) is 1.48. The van der Waals surface area contributed by atoms with Crippen LogP contribution in [-0.2, 0) is 9.59 Å². The minimum absolute atomic E-state index is 0.179. The number of carbonyl (C=O) groups is 3. The third-order valence-corrected chi connectivity index (χ3v) is 7.93. The van der Waals surface area contributed by atoms with Gasteiger partial charge in [0.25, 0.3) is 11.7 Å². The highest BCUT2D eigenvalue weighted by Gasteiger charge is 2.31. The average Bonchev–Trinajstić information content (AvgIpc) is 3.71. The maximum Gasteiger partial charge on any atom is 0.312 e. The van der Waals surface area contributed by atoms with Crippen molar-refractivity contribution in [2.45, 2.75) is 32.6 Å². The fourth-order valence-electron chi connectivity index (χ4n) is 5.52. The van der Waals surface area contributed by atoms with Crippen molar-refractivity contribution >= 4 is 34.1 Å². The zero-order valence-corrected chi connectivity index (χ0v) is 24.9. The molecular formula is C32H30N8O5. The van der Waals surface area contributed by atoms with Crippen molar-refractivity contribution in [2.24, 2.45) is 0 Å². The van der Waals surface area contributed by atoms with E-state index in [1.54, 1.807) is 24.9 Å². The number of H-pyrrole nitrogens is 1. The number of carboxylic acids is 1. The number of aromatic amines is 1. The zero-order valence-electron chi connectivity index (χ0n) is 24.9. The molecule has 6 rings (SSSR count). The van der Waals surface area contributed by atoms with Gasteiger partial charge < -0.3 is 19.7 Å². The summed E-state index contributed by atoms with van der Waals surface area (Å²) >= 11 is 0. The summed E-state index contributed by atoms with van der Waals surface area (Å²) in [6.07, 6.45) is 8.60. The number of aromatic nitrogens is 7. The third kappa shape index (κ3) is 5.55. The van der Waals surface area contributed by atoms with E-state index in [-0.39, 0.29) is 5.56 Å². The molecule has 13 heteroatoms. The first kappa shape index (κ1) is 29.4. The van der Waals surface area contributed by atoms with Crippen molar-refractivity contribution in [3.63, 3.8) is 0 Å². The molecule has 0 radical (unpaired) electrons. The summed E-state index contributed by atoms with van der Waals surface area (Å²) in [5.74, 6) is -1.76. The molecule has 5 heterocycles. The molecular weight excluding hydrogens is 576 g/mol. The summed E-state index contributed by atoms with van der Waals surface area (Å²) in [5, 5.41) is 14.3. The molecule has 0 aliphatic carbocycles. The molecule has 1 unspecified atom stereocenters. The molecule has 4 aromatic heterocycles. The Bertz CT molecular complexity index is 1950. The molecule has 0 bridgehead atoms. The molecule has 1 aliphatic heterocycles. The Labute approximate surface area is 257 Å². The van der Waals surface area contributed by atoms with Gasteiger partial charge in [0.05, 0.1) is 53.3 Å². The quantitative estimate of drug-likeness (QED) is 0.196. The van der Waals surface area contributed by atoms with Crippen LogP contribution in [0.4, 0.5) is 0 Å². The lowest BCUT2D eigenvalue weighted by atomic mass is 9.90. The number of pyridine rings is 1. The number of hydrogen-bond donors (Lipinski definition) is 2. The van der Waals surface area contributed by atoms with Gasteiger partial charge in [-0.05, 0) is 32.3 Å². The highest BCUT2D eigenvalue weighted by molar-refractivity contribution is 6.45. The Hall–Kier alpha value is -5.72. The number of benzene rings is 1. The number of ketones is 1. The number of likely N-dealkylation sites (tertiary alicyclic amines) is 1. The van der Waals surface area contributed by atoms with Crippen LogP contribution in [-0.4, -0.2) is 82.6 Å². The van der Waals surface area contributed by atoms with Crippen LogP contribution in [0.1, 0.15) is 58.8 Å². The van der Waals surface area contributed by atoms with Gasteiger partial charge in [-0.2, -0.15) is 5.10 Å². The second kappa shape index (κ2) is 12.1. The molecule has 1 fully saturated rings. The van der Waals surface area contributed by atoms with Crippen LogP contribution in [0.25, 0.3) is 22.3 Å². The first-order chi connectivity index (χ1) is 21.8. The van der Waals surface area contributed by atoms with Gasteiger partial charge in [-0.1, -0.05) is 35.9 Å². The third-order valence-electron chi connectivity index (χ3n) is 7.93. The molecule has 0 spiro atoms. The van der Waals surface area contributed by atoms with Crippen molar-refractivity contribution in [1.29, 1.82) is 0 Å². The predicted molar refractivity (Wildman–Crippen MR) is 163 cm³/mol. The van der Waals surface area contributed by atoms with Crippen LogP contribution in [0.2, 0.25) is 0 Å². The molecule has 13 nitrogen and oxygen atoms in total. The first-order valence-electron chi connectivity index (χ1n) is 14.4. The summed E-state index contributed by atoms with van der Waals surface area (Å²) in [4.78, 5) is 61.0. The van der Waals surface area contributed by atoms with E-state index in [0.717, 1.165) is 16.7 Å². The summed E-state index contributed by atoms with van der Waals surface area (Å²) < 4.78 is 7.00. The number of piperidine rings is 1. The van der Waals surface area contributed by atoms with Crippen molar-refractivity contribution in [3.05, 3.63) is 95.4 Å². The van der Waals surface area contributed by atoms with Gasteiger partial charge in [0, 0.05) is 31.1 Å². The number of aryl methyl sites for hydroxylation is 1. The number of ether oxygens (including phenoxy) is 1. The number of fused-ring (bicyclic) bond motifs is 1. The number of carboxylic acid groups (broad SMARTS) is 1. The Balaban J connectivity index is 1.29. The van der Waals surface area contributed by atoms with Gasteiger partial charge in [0.1, 0.15) is 17.9 Å². The minimum Gasteiger partial charge on any atom is -0.494 e. The number of nitrogens with one attached hydrogen (secondary N) is 1. The lowest BCUT2D eigenvalue weighted by molar-refractivity contribution is -0.138. The zero-order chi connectivity index (χ0) is 31.7. The smallest absolute Gasteiger partial charge is 0.312 e. The molecule has 0 saturated carbocycles. The van der Waals surface area contributed by atoms with E-state index in [4.69, 9.17) is 4.74 Å². The van der Waals surface area contributed by atoms with Crippen LogP contribution in [0.3, 0.4) is 0 Å². The Morgan fingerprint density at radius 1 is 1.04 bits per heavy atom. The van der Waals surface area contributed by atoms with Crippen molar-refractivity contribution < 1.29 is 24.2 Å². The Morgan fingerprint density at radius 3 is 2.47 bits per heavy atom. The maximum atomic E-state index is 13.7.